The van der Waals surface area contributed by atoms with E-state index >= 15 is 0 Å². The van der Waals surface area contributed by atoms with Crippen molar-refractivity contribution in [3.8, 4) is 0 Å². The van der Waals surface area contributed by atoms with Crippen LogP contribution >= 0.6 is 0 Å². The van der Waals surface area contributed by atoms with E-state index in [1.807, 2.05) is 0 Å². The third kappa shape index (κ3) is 3.75. The molecule has 1 fully saturated rings. The summed E-state index contributed by atoms with van der Waals surface area (Å²) in [5.74, 6) is -0.346. The van der Waals surface area contributed by atoms with Gasteiger partial charge in [-0.3, -0.25) is 4.79 Å². The minimum atomic E-state index is -0.434. The van der Waals surface area contributed by atoms with Gasteiger partial charge in [-0.15, -0.1) is 5.10 Å². The summed E-state index contributed by atoms with van der Waals surface area (Å²) in [6.45, 7) is 1.98. The van der Waals surface area contributed by atoms with E-state index in [0.717, 1.165) is 25.9 Å². The van der Waals surface area contributed by atoms with Gasteiger partial charge in [0.25, 0.3) is 5.91 Å². The van der Waals surface area contributed by atoms with Crippen LogP contribution in [0.15, 0.2) is 6.20 Å². The summed E-state index contributed by atoms with van der Waals surface area (Å²) in [5, 5.41) is 23.0. The minimum absolute atomic E-state index is 0.179. The molecule has 1 unspecified atom stereocenters. The highest BCUT2D eigenvalue weighted by atomic mass is 16.5. The number of rotatable bonds is 6. The van der Waals surface area contributed by atoms with Crippen LogP contribution in [0.5, 0.6) is 0 Å². The number of hydrogen-bond acceptors (Lipinski definition) is 6. The first-order valence-electron chi connectivity index (χ1n) is 6.77. The van der Waals surface area contributed by atoms with Crippen molar-refractivity contribution in [2.75, 3.05) is 33.4 Å². The minimum Gasteiger partial charge on any atom is -0.394 e. The Morgan fingerprint density at radius 3 is 3.05 bits per heavy atom. The molecule has 0 radical (unpaired) electrons. The Balaban J connectivity index is 1.95. The molecule has 0 spiro atoms. The number of nitrogens with one attached hydrogen (secondary N) is 2. The fourth-order valence-corrected chi connectivity index (χ4v) is 2.23. The van der Waals surface area contributed by atoms with Crippen LogP contribution in [0.4, 0.5) is 0 Å². The lowest BCUT2D eigenvalue weighted by molar-refractivity contribution is 0.0835. The van der Waals surface area contributed by atoms with Crippen molar-refractivity contribution < 1.29 is 14.6 Å². The number of amides is 1. The van der Waals surface area contributed by atoms with Crippen molar-refractivity contribution in [2.24, 2.45) is 0 Å². The van der Waals surface area contributed by atoms with Crippen molar-refractivity contribution >= 4 is 5.91 Å². The molecule has 0 saturated carbocycles. The molecule has 0 aromatic carbocycles. The molecule has 3 N–H and O–H groups in total. The average molecular weight is 283 g/mol. The third-order valence-electron chi connectivity index (χ3n) is 3.35. The van der Waals surface area contributed by atoms with Gasteiger partial charge in [0, 0.05) is 7.11 Å². The number of ether oxygens (including phenoxy) is 1. The van der Waals surface area contributed by atoms with Gasteiger partial charge in [-0.1, -0.05) is 5.21 Å². The van der Waals surface area contributed by atoms with E-state index in [9.17, 15) is 4.79 Å². The quantitative estimate of drug-likeness (QED) is 0.615. The molecule has 1 saturated heterocycles. The number of aliphatic hydroxyl groups is 1. The highest BCUT2D eigenvalue weighted by molar-refractivity contribution is 5.92. The van der Waals surface area contributed by atoms with Crippen molar-refractivity contribution in [3.63, 3.8) is 0 Å². The van der Waals surface area contributed by atoms with E-state index in [1.54, 1.807) is 10.9 Å². The van der Waals surface area contributed by atoms with Crippen LogP contribution < -0.4 is 10.6 Å². The molecule has 1 atom stereocenters. The lowest BCUT2D eigenvalue weighted by Crippen LogP contribution is -2.40. The molecule has 8 nitrogen and oxygen atoms in total. The number of piperidine rings is 1. The second-order valence-electron chi connectivity index (χ2n) is 4.87. The predicted molar refractivity (Wildman–Crippen MR) is 71.4 cm³/mol. The molecule has 1 aliphatic rings. The van der Waals surface area contributed by atoms with Gasteiger partial charge in [-0.05, 0) is 25.9 Å². The molecule has 0 bridgehead atoms. The molecule has 1 aromatic heterocycles. The molecule has 2 rings (SSSR count). The number of aliphatic hydroxyl groups excluding tert-OH is 1. The molecule has 1 aliphatic heterocycles. The predicted octanol–water partition coefficient (Wildman–Crippen LogP) is -1.06. The summed E-state index contributed by atoms with van der Waals surface area (Å²) in [6, 6.07) is -0.144. The average Bonchev–Trinajstić information content (AvgIpc) is 2.97. The lowest BCUT2D eigenvalue weighted by Gasteiger charge is -2.22. The first kappa shape index (κ1) is 14.9. The highest BCUT2D eigenvalue weighted by Crippen LogP contribution is 2.16. The molecule has 20 heavy (non-hydrogen) atoms. The lowest BCUT2D eigenvalue weighted by atomic mass is 10.1. The largest absolute Gasteiger partial charge is 0.394 e. The Bertz CT molecular complexity index is 430. The Morgan fingerprint density at radius 1 is 1.65 bits per heavy atom. The maximum atomic E-state index is 12.0. The molecular formula is C12H21N5O3. The van der Waals surface area contributed by atoms with Gasteiger partial charge in [0.1, 0.15) is 0 Å². The Hall–Kier alpha value is -1.51. The number of nitrogens with zero attached hydrogens (tertiary/aromatic N) is 3. The molecule has 8 heteroatoms. The van der Waals surface area contributed by atoms with Crippen molar-refractivity contribution in [2.45, 2.75) is 24.9 Å². The summed E-state index contributed by atoms with van der Waals surface area (Å²) in [5.41, 5.74) is 0.262. The van der Waals surface area contributed by atoms with E-state index in [2.05, 4.69) is 20.9 Å². The van der Waals surface area contributed by atoms with Crippen molar-refractivity contribution in [3.05, 3.63) is 11.9 Å². The first-order chi connectivity index (χ1) is 9.74. The van der Waals surface area contributed by atoms with Crippen molar-refractivity contribution in [1.29, 1.82) is 0 Å². The van der Waals surface area contributed by atoms with Gasteiger partial charge < -0.3 is 20.5 Å². The van der Waals surface area contributed by atoms with Crippen LogP contribution in [-0.4, -0.2) is 65.5 Å². The van der Waals surface area contributed by atoms with E-state index in [4.69, 9.17) is 9.84 Å². The van der Waals surface area contributed by atoms with Crippen LogP contribution in [0.25, 0.3) is 0 Å². The smallest absolute Gasteiger partial charge is 0.273 e. The summed E-state index contributed by atoms with van der Waals surface area (Å²) in [6.07, 6.45) is 3.62. The fourth-order valence-electron chi connectivity index (χ4n) is 2.23. The Labute approximate surface area is 117 Å². The fraction of sp³-hybridized carbons (Fsp3) is 0.750. The maximum absolute atomic E-state index is 12.0. The van der Waals surface area contributed by atoms with Gasteiger partial charge in [0.05, 0.1) is 31.5 Å². The number of hydrogen-bond donors (Lipinski definition) is 3. The van der Waals surface area contributed by atoms with Gasteiger partial charge in [0.2, 0.25) is 0 Å². The first-order valence-corrected chi connectivity index (χ1v) is 6.77. The van der Waals surface area contributed by atoms with Gasteiger partial charge in [-0.2, -0.15) is 0 Å². The van der Waals surface area contributed by atoms with Gasteiger partial charge in [0.15, 0.2) is 5.69 Å². The standard InChI is InChI=1S/C12H21N5O3/c1-20-8-9(7-18)14-12(19)11-6-17(16-15-11)10-2-4-13-5-3-10/h6,9-10,13,18H,2-5,7-8H2,1H3,(H,14,19). The number of carbonyl (C=O) groups excluding carboxylic acids is 1. The second-order valence-corrected chi connectivity index (χ2v) is 4.87. The molecule has 1 amide bonds. The molecule has 2 heterocycles. The highest BCUT2D eigenvalue weighted by Gasteiger charge is 2.20. The summed E-state index contributed by atoms with van der Waals surface area (Å²) < 4.78 is 6.66. The zero-order chi connectivity index (χ0) is 14.4. The maximum Gasteiger partial charge on any atom is 0.273 e. The molecule has 112 valence electrons. The van der Waals surface area contributed by atoms with E-state index in [1.165, 1.54) is 7.11 Å². The van der Waals surface area contributed by atoms with Crippen molar-refractivity contribution in [1.82, 2.24) is 25.6 Å². The zero-order valence-electron chi connectivity index (χ0n) is 11.6. The van der Waals surface area contributed by atoms with Gasteiger partial charge in [-0.25, -0.2) is 4.68 Å². The normalized spacial score (nSPS) is 17.9. The Morgan fingerprint density at radius 2 is 2.40 bits per heavy atom. The number of methoxy groups -OCH3 is 1. The van der Waals surface area contributed by atoms with Crippen LogP contribution in [0, 0.1) is 0 Å². The van der Waals surface area contributed by atoms with E-state index in [-0.39, 0.29) is 30.9 Å². The monoisotopic (exact) mass is 283 g/mol. The third-order valence-corrected chi connectivity index (χ3v) is 3.35. The van der Waals surface area contributed by atoms with Crippen LogP contribution in [0.2, 0.25) is 0 Å². The summed E-state index contributed by atoms with van der Waals surface area (Å²) in [4.78, 5) is 12.0. The summed E-state index contributed by atoms with van der Waals surface area (Å²) >= 11 is 0. The van der Waals surface area contributed by atoms with Crippen LogP contribution in [-0.2, 0) is 4.74 Å². The van der Waals surface area contributed by atoms with Crippen LogP contribution in [0.3, 0.4) is 0 Å². The Kier molecular flexibility index (Phi) is 5.45. The zero-order valence-corrected chi connectivity index (χ0v) is 11.6. The SMILES string of the molecule is COCC(CO)NC(=O)c1cn(C2CCNCC2)nn1. The number of aromatic nitrogens is 3. The molecule has 1 aromatic rings. The molecular weight excluding hydrogens is 262 g/mol. The van der Waals surface area contributed by atoms with Gasteiger partial charge >= 0.3 is 0 Å². The molecule has 0 aliphatic carbocycles. The summed E-state index contributed by atoms with van der Waals surface area (Å²) in [7, 11) is 1.52. The number of carbonyl (C=O) groups is 1. The second kappa shape index (κ2) is 7.32. The topological polar surface area (TPSA) is 101 Å². The van der Waals surface area contributed by atoms with E-state index in [0.29, 0.717) is 0 Å². The van der Waals surface area contributed by atoms with Crippen LogP contribution in [0.1, 0.15) is 29.4 Å². The van der Waals surface area contributed by atoms with E-state index < -0.39 is 6.04 Å².